The molecule has 150 valence electrons. The maximum atomic E-state index is 6.04. The molecular weight excluding hydrogens is 352 g/mol. The van der Waals surface area contributed by atoms with Gasteiger partial charge in [0.2, 0.25) is 0 Å². The van der Waals surface area contributed by atoms with Gasteiger partial charge < -0.3 is 15.8 Å². The zero-order valence-corrected chi connectivity index (χ0v) is 16.7. The number of hydrogen-bond donors (Lipinski definition) is 3. The van der Waals surface area contributed by atoms with E-state index in [1.807, 2.05) is 31.2 Å². The van der Waals surface area contributed by atoms with Gasteiger partial charge in [0.05, 0.1) is 30.9 Å². The van der Waals surface area contributed by atoms with Crippen molar-refractivity contribution < 1.29 is 4.74 Å². The second-order valence-corrected chi connectivity index (χ2v) is 7.72. The fourth-order valence-electron chi connectivity index (χ4n) is 3.86. The molecule has 4 N–H and O–H groups in total. The van der Waals surface area contributed by atoms with Crippen molar-refractivity contribution in [3.8, 4) is 5.75 Å². The summed E-state index contributed by atoms with van der Waals surface area (Å²) in [6, 6.07) is 8.97. The third-order valence-electron chi connectivity index (χ3n) is 5.44. The van der Waals surface area contributed by atoms with E-state index in [0.717, 1.165) is 61.0 Å². The van der Waals surface area contributed by atoms with Gasteiger partial charge in [-0.15, -0.1) is 0 Å². The molecular formula is C21H30N6O. The van der Waals surface area contributed by atoms with Crippen LogP contribution >= 0.6 is 0 Å². The Hall–Kier alpha value is -2.54. The minimum absolute atomic E-state index is 0.297. The molecule has 28 heavy (non-hydrogen) atoms. The van der Waals surface area contributed by atoms with E-state index in [1.165, 1.54) is 0 Å². The molecule has 1 aromatic carbocycles. The number of hydrogen-bond acceptors (Lipinski definition) is 6. The van der Waals surface area contributed by atoms with Crippen molar-refractivity contribution in [1.82, 2.24) is 10.4 Å². The number of nitrogens with two attached hydrogens (primary N) is 1. The number of aliphatic imine (C=N–C) groups is 2. The molecule has 1 saturated carbocycles. The third kappa shape index (κ3) is 4.14. The van der Waals surface area contributed by atoms with Gasteiger partial charge in [0.15, 0.2) is 5.84 Å². The average molecular weight is 383 g/mol. The van der Waals surface area contributed by atoms with Gasteiger partial charge >= 0.3 is 0 Å². The first-order valence-electron chi connectivity index (χ1n) is 10.3. The van der Waals surface area contributed by atoms with Crippen LogP contribution in [0.4, 0.5) is 5.69 Å². The largest absolute Gasteiger partial charge is 0.494 e. The highest BCUT2D eigenvalue weighted by molar-refractivity contribution is 6.12. The standard InChI is InChI=1S/C21H30N6O/c1-3-28-18-10-8-16(9-11-18)24-19-12-20(25-17-6-4-15(22)5-7-17)26-27-14(2)13-23-21(19)27/h8-12,14-15,17,24H,3-7,13,22H2,1-2H3,(H,25,26). The Balaban J connectivity index is 1.54. The van der Waals surface area contributed by atoms with Gasteiger partial charge in [0.25, 0.3) is 0 Å². The van der Waals surface area contributed by atoms with E-state index in [-0.39, 0.29) is 0 Å². The third-order valence-corrected chi connectivity index (χ3v) is 5.44. The first kappa shape index (κ1) is 18.8. The molecule has 2 heterocycles. The Labute approximate surface area is 166 Å². The molecule has 4 rings (SSSR count). The highest BCUT2D eigenvalue weighted by Gasteiger charge is 2.32. The molecule has 1 aromatic rings. The summed E-state index contributed by atoms with van der Waals surface area (Å²) in [5.41, 5.74) is 11.5. The highest BCUT2D eigenvalue weighted by atomic mass is 16.5. The number of ether oxygens (including phenoxy) is 1. The fourth-order valence-corrected chi connectivity index (χ4v) is 3.86. The molecule has 7 nitrogen and oxygen atoms in total. The van der Waals surface area contributed by atoms with Crippen LogP contribution in [0.5, 0.6) is 5.75 Å². The molecule has 3 aliphatic rings. The smallest absolute Gasteiger partial charge is 0.167 e. The summed E-state index contributed by atoms with van der Waals surface area (Å²) in [5, 5.41) is 5.62. The van der Waals surface area contributed by atoms with Gasteiger partial charge in [-0.05, 0) is 63.8 Å². The van der Waals surface area contributed by atoms with Crippen LogP contribution < -0.4 is 21.2 Å². The summed E-state index contributed by atoms with van der Waals surface area (Å²) in [6.45, 7) is 5.59. The van der Waals surface area contributed by atoms with Crippen molar-refractivity contribution >= 4 is 17.4 Å². The predicted octanol–water partition coefficient (Wildman–Crippen LogP) is 2.67. The Morgan fingerprint density at radius 1 is 1.25 bits per heavy atom. The second-order valence-electron chi connectivity index (χ2n) is 7.72. The molecule has 1 aliphatic carbocycles. The fraction of sp³-hybridized carbons (Fsp3) is 0.524. The summed E-state index contributed by atoms with van der Waals surface area (Å²) >= 11 is 0. The van der Waals surface area contributed by atoms with E-state index in [4.69, 9.17) is 20.5 Å². The first-order valence-corrected chi connectivity index (χ1v) is 10.3. The molecule has 0 amide bonds. The lowest BCUT2D eigenvalue weighted by atomic mass is 9.92. The van der Waals surface area contributed by atoms with Crippen LogP contribution in [-0.4, -0.2) is 48.0 Å². The van der Waals surface area contributed by atoms with Crippen molar-refractivity contribution in [3.05, 3.63) is 36.0 Å². The Kier molecular flexibility index (Phi) is 5.52. The van der Waals surface area contributed by atoms with Crippen molar-refractivity contribution in [2.75, 3.05) is 18.5 Å². The number of rotatable bonds is 5. The van der Waals surface area contributed by atoms with Crippen LogP contribution in [0.3, 0.4) is 0 Å². The van der Waals surface area contributed by atoms with Crippen LogP contribution in [0.25, 0.3) is 0 Å². The van der Waals surface area contributed by atoms with Crippen molar-refractivity contribution in [1.29, 1.82) is 0 Å². The van der Waals surface area contributed by atoms with Crippen LogP contribution in [0.1, 0.15) is 39.5 Å². The van der Waals surface area contributed by atoms with E-state index in [9.17, 15) is 0 Å². The lowest BCUT2D eigenvalue weighted by Crippen LogP contribution is -2.52. The lowest BCUT2D eigenvalue weighted by Gasteiger charge is -2.33. The van der Waals surface area contributed by atoms with Gasteiger partial charge in [0.1, 0.15) is 11.6 Å². The molecule has 1 unspecified atom stereocenters. The van der Waals surface area contributed by atoms with Gasteiger partial charge in [-0.1, -0.05) is 0 Å². The van der Waals surface area contributed by atoms with Gasteiger partial charge in [0, 0.05) is 17.8 Å². The number of hydrazine groups is 1. The molecule has 2 aliphatic heterocycles. The van der Waals surface area contributed by atoms with Gasteiger partial charge in [-0.25, -0.2) is 0 Å². The summed E-state index contributed by atoms with van der Waals surface area (Å²) in [4.78, 5) is 9.68. The molecule has 0 spiro atoms. The molecule has 1 atom stereocenters. The zero-order chi connectivity index (χ0) is 19.5. The topological polar surface area (TPSA) is 87.3 Å². The van der Waals surface area contributed by atoms with Crippen LogP contribution in [-0.2, 0) is 0 Å². The predicted molar refractivity (Wildman–Crippen MR) is 114 cm³/mol. The second kappa shape index (κ2) is 8.22. The van der Waals surface area contributed by atoms with Crippen LogP contribution in [0, 0.1) is 0 Å². The summed E-state index contributed by atoms with van der Waals surface area (Å²) < 4.78 is 5.53. The molecule has 7 heteroatoms. The van der Waals surface area contributed by atoms with E-state index in [1.54, 1.807) is 0 Å². The number of fused-ring (bicyclic) bond motifs is 1. The number of nitrogens with one attached hydrogen (secondary N) is 2. The Morgan fingerprint density at radius 3 is 2.71 bits per heavy atom. The minimum Gasteiger partial charge on any atom is -0.494 e. The molecule has 0 bridgehead atoms. The van der Waals surface area contributed by atoms with Crippen molar-refractivity contribution in [2.24, 2.45) is 15.7 Å². The van der Waals surface area contributed by atoms with Crippen molar-refractivity contribution in [2.45, 2.75) is 57.7 Å². The lowest BCUT2D eigenvalue weighted by molar-refractivity contribution is 0.319. The minimum atomic E-state index is 0.297. The molecule has 0 saturated heterocycles. The normalized spacial score (nSPS) is 28.3. The maximum absolute atomic E-state index is 6.04. The SMILES string of the molecule is CCOc1ccc(NC2=CC(=NC3CCC(N)CC3)NN3C2=NCC3C)cc1. The highest BCUT2D eigenvalue weighted by Crippen LogP contribution is 2.24. The van der Waals surface area contributed by atoms with Crippen LogP contribution in [0.2, 0.25) is 0 Å². The number of nitrogens with zero attached hydrogens (tertiary/aromatic N) is 3. The summed E-state index contributed by atoms with van der Waals surface area (Å²) in [7, 11) is 0. The number of anilines is 1. The van der Waals surface area contributed by atoms with Gasteiger partial charge in [-0.3, -0.25) is 20.4 Å². The molecule has 0 aromatic heterocycles. The van der Waals surface area contributed by atoms with Crippen LogP contribution in [0.15, 0.2) is 46.0 Å². The van der Waals surface area contributed by atoms with Crippen molar-refractivity contribution in [3.63, 3.8) is 0 Å². The quantitative estimate of drug-likeness (QED) is 0.729. The van der Waals surface area contributed by atoms with E-state index in [0.29, 0.717) is 24.7 Å². The number of benzene rings is 1. The van der Waals surface area contributed by atoms with E-state index >= 15 is 0 Å². The molecule has 1 fully saturated rings. The Morgan fingerprint density at radius 2 is 2.00 bits per heavy atom. The zero-order valence-electron chi connectivity index (χ0n) is 16.7. The summed E-state index contributed by atoms with van der Waals surface area (Å²) in [5.74, 6) is 2.70. The number of amidine groups is 2. The monoisotopic (exact) mass is 382 g/mol. The summed E-state index contributed by atoms with van der Waals surface area (Å²) in [6.07, 6.45) is 6.28. The van der Waals surface area contributed by atoms with Gasteiger partial charge in [-0.2, -0.15) is 0 Å². The Bertz CT molecular complexity index is 777. The first-order chi connectivity index (χ1) is 13.6. The maximum Gasteiger partial charge on any atom is 0.167 e. The van der Waals surface area contributed by atoms with E-state index < -0.39 is 0 Å². The average Bonchev–Trinajstić information content (AvgIpc) is 3.07. The van der Waals surface area contributed by atoms with E-state index in [2.05, 4.69) is 28.8 Å². The molecule has 0 radical (unpaired) electrons.